The number of ether oxygens (including phenoxy) is 1. The number of likely N-dealkylation sites (N-methyl/N-ethyl adjacent to an activating group) is 2. The van der Waals surface area contributed by atoms with Crippen molar-refractivity contribution in [2.75, 3.05) is 57.8 Å². The molecule has 0 spiro atoms. The summed E-state index contributed by atoms with van der Waals surface area (Å²) in [6, 6.07) is 15.4. The fourth-order valence-electron chi connectivity index (χ4n) is 6.99. The number of para-hydroxylation sites is 1. The molecule has 4 aromatic rings. The van der Waals surface area contributed by atoms with E-state index < -0.39 is 53.5 Å². The quantitative estimate of drug-likeness (QED) is 0.127. The number of aromatic nitrogens is 2. The van der Waals surface area contributed by atoms with Crippen molar-refractivity contribution < 1.29 is 36.7 Å². The van der Waals surface area contributed by atoms with Crippen LogP contribution < -0.4 is 10.2 Å². The molecule has 3 atom stereocenters. The van der Waals surface area contributed by atoms with Crippen LogP contribution in [0.2, 0.25) is 0 Å². The maximum absolute atomic E-state index is 14.6. The van der Waals surface area contributed by atoms with E-state index in [4.69, 9.17) is 9.84 Å². The van der Waals surface area contributed by atoms with Gasteiger partial charge in [0.2, 0.25) is 0 Å². The molecule has 0 saturated carbocycles. The van der Waals surface area contributed by atoms with Crippen LogP contribution in [0, 0.1) is 17.3 Å². The fraction of sp³-hybridized carbons (Fsp3) is 0.359. The SMILES string of the molecule is CCN1C(=O)[C@@H](NC(=O)c2cccc(C(F)(F)F)c2)[C@@H](c2ccc(F)cc2)c2c([C@@H](C)N(C#N)C(=O)OCCN3CCN(C)CC3)nn(-c3ccccc3)c21. The predicted octanol–water partition coefficient (Wildman–Crippen LogP) is 5.56. The molecular formula is C39H40F4N8O4. The molecular weight excluding hydrogens is 720 g/mol. The van der Waals surface area contributed by atoms with Crippen LogP contribution in [-0.2, 0) is 15.7 Å². The first-order chi connectivity index (χ1) is 26.3. The van der Waals surface area contributed by atoms with Gasteiger partial charge in [-0.3, -0.25) is 19.4 Å². The molecule has 0 unspecified atom stereocenters. The summed E-state index contributed by atoms with van der Waals surface area (Å²) in [5, 5.41) is 17.9. The Kier molecular flexibility index (Phi) is 11.5. The van der Waals surface area contributed by atoms with Crippen LogP contribution in [-0.4, -0.2) is 101 Å². The van der Waals surface area contributed by atoms with Gasteiger partial charge in [0.1, 0.15) is 24.3 Å². The number of piperazine rings is 1. The van der Waals surface area contributed by atoms with E-state index in [9.17, 15) is 37.2 Å². The second-order valence-corrected chi connectivity index (χ2v) is 13.4. The highest BCUT2D eigenvalue weighted by Gasteiger charge is 2.48. The van der Waals surface area contributed by atoms with E-state index in [0.717, 1.165) is 43.2 Å². The number of nitriles is 1. The Hall–Kier alpha value is -5.79. The summed E-state index contributed by atoms with van der Waals surface area (Å²) < 4.78 is 62.3. The number of nitrogens with zero attached hydrogens (tertiary/aromatic N) is 7. The standard InChI is InChI=1S/C39H40F4N8O4/c1-4-49-36-32(31(26-13-15-29(40)16-14-26)34(37(49)53)45-35(52)27-9-8-10-28(23-27)39(41,42)43)33(46-51(36)30-11-6-5-7-12-30)25(2)50(24-44)38(54)55-22-21-48-19-17-47(3)18-20-48/h5-16,23,25,31,34H,4,17-22H2,1-3H3,(H,45,52)/t25-,31+,34+/m1/s1. The fourth-order valence-corrected chi connectivity index (χ4v) is 6.99. The normalized spacial score (nSPS) is 18.3. The highest BCUT2D eigenvalue weighted by Crippen LogP contribution is 2.46. The van der Waals surface area contributed by atoms with Gasteiger partial charge in [0.25, 0.3) is 11.8 Å². The van der Waals surface area contributed by atoms with Gasteiger partial charge >= 0.3 is 12.3 Å². The lowest BCUT2D eigenvalue weighted by Gasteiger charge is -2.39. The van der Waals surface area contributed by atoms with E-state index in [2.05, 4.69) is 15.1 Å². The molecule has 3 aromatic carbocycles. The molecule has 1 saturated heterocycles. The first-order valence-corrected chi connectivity index (χ1v) is 17.8. The molecule has 55 heavy (non-hydrogen) atoms. The van der Waals surface area contributed by atoms with Gasteiger partial charge in [-0.25, -0.2) is 18.8 Å². The molecule has 0 aliphatic carbocycles. The van der Waals surface area contributed by atoms with E-state index in [1.807, 2.05) is 13.2 Å². The Balaban J connectivity index is 1.45. The van der Waals surface area contributed by atoms with Crippen molar-refractivity contribution in [2.45, 2.75) is 38.0 Å². The number of benzene rings is 3. The molecule has 3 amide bonds. The number of alkyl halides is 3. The van der Waals surface area contributed by atoms with Gasteiger partial charge in [-0.15, -0.1) is 0 Å². The minimum absolute atomic E-state index is 0.0317. The third-order valence-electron chi connectivity index (χ3n) is 9.96. The summed E-state index contributed by atoms with van der Waals surface area (Å²) in [7, 11) is 2.03. The largest absolute Gasteiger partial charge is 0.447 e. The molecule has 2 aliphatic heterocycles. The third-order valence-corrected chi connectivity index (χ3v) is 9.96. The number of hydrogen-bond acceptors (Lipinski definition) is 8. The number of nitrogens with one attached hydrogen (secondary N) is 1. The monoisotopic (exact) mass is 760 g/mol. The Labute approximate surface area is 315 Å². The summed E-state index contributed by atoms with van der Waals surface area (Å²) in [6.45, 7) is 7.21. The topological polar surface area (TPSA) is 127 Å². The number of amides is 3. The van der Waals surface area contributed by atoms with Crippen molar-refractivity contribution >= 4 is 23.7 Å². The highest BCUT2D eigenvalue weighted by atomic mass is 19.4. The van der Waals surface area contributed by atoms with Crippen molar-refractivity contribution in [3.05, 3.63) is 113 Å². The Morgan fingerprint density at radius 1 is 1.04 bits per heavy atom. The van der Waals surface area contributed by atoms with E-state index in [1.54, 1.807) is 44.2 Å². The summed E-state index contributed by atoms with van der Waals surface area (Å²) >= 11 is 0. The number of halogens is 4. The highest BCUT2D eigenvalue weighted by molar-refractivity contribution is 6.05. The lowest BCUT2D eigenvalue weighted by molar-refractivity contribution is -0.137. The molecule has 1 N–H and O–H groups in total. The van der Waals surface area contributed by atoms with Crippen LogP contribution in [0.1, 0.15) is 58.5 Å². The second kappa shape index (κ2) is 16.3. The van der Waals surface area contributed by atoms with Gasteiger partial charge < -0.3 is 15.0 Å². The Bertz CT molecular complexity index is 2060. The molecule has 0 radical (unpaired) electrons. The van der Waals surface area contributed by atoms with Gasteiger partial charge in [-0.1, -0.05) is 36.4 Å². The molecule has 16 heteroatoms. The van der Waals surface area contributed by atoms with Gasteiger partial charge in [0.15, 0.2) is 6.19 Å². The smallest absolute Gasteiger partial charge is 0.423 e. The van der Waals surface area contributed by atoms with E-state index in [-0.39, 0.29) is 30.2 Å². The van der Waals surface area contributed by atoms with Crippen LogP contribution in [0.5, 0.6) is 0 Å². The minimum Gasteiger partial charge on any atom is -0.447 e. The molecule has 2 aliphatic rings. The molecule has 0 bridgehead atoms. The zero-order valence-electron chi connectivity index (χ0n) is 30.5. The van der Waals surface area contributed by atoms with Crippen molar-refractivity contribution in [1.29, 1.82) is 5.26 Å². The number of carbonyl (C=O) groups is 3. The third kappa shape index (κ3) is 8.18. The molecule has 1 fully saturated rings. The summed E-state index contributed by atoms with van der Waals surface area (Å²) in [5.41, 5.74) is 0.0264. The number of hydrogen-bond donors (Lipinski definition) is 1. The van der Waals surface area contributed by atoms with Gasteiger partial charge in [0, 0.05) is 56.3 Å². The van der Waals surface area contributed by atoms with Crippen LogP contribution in [0.25, 0.3) is 5.69 Å². The van der Waals surface area contributed by atoms with Gasteiger partial charge in [-0.05, 0) is 68.9 Å². The summed E-state index contributed by atoms with van der Waals surface area (Å²) in [4.78, 5) is 48.4. The maximum atomic E-state index is 14.6. The molecule has 6 rings (SSSR count). The maximum Gasteiger partial charge on any atom is 0.423 e. The first-order valence-electron chi connectivity index (χ1n) is 17.8. The number of rotatable bonds is 10. The van der Waals surface area contributed by atoms with Crippen molar-refractivity contribution in [3.63, 3.8) is 0 Å². The number of anilines is 1. The zero-order valence-corrected chi connectivity index (χ0v) is 30.5. The van der Waals surface area contributed by atoms with Crippen molar-refractivity contribution in [3.8, 4) is 11.9 Å². The number of carbonyl (C=O) groups excluding carboxylic acids is 3. The Morgan fingerprint density at radius 2 is 1.73 bits per heavy atom. The second-order valence-electron chi connectivity index (χ2n) is 13.4. The molecule has 3 heterocycles. The van der Waals surface area contributed by atoms with E-state index >= 15 is 0 Å². The van der Waals surface area contributed by atoms with Gasteiger partial charge in [-0.2, -0.15) is 23.5 Å². The number of fused-ring (bicyclic) bond motifs is 1. The average molecular weight is 761 g/mol. The van der Waals surface area contributed by atoms with Crippen LogP contribution >= 0.6 is 0 Å². The van der Waals surface area contributed by atoms with Gasteiger partial charge in [0.05, 0.1) is 23.0 Å². The Morgan fingerprint density at radius 3 is 2.36 bits per heavy atom. The minimum atomic E-state index is -4.73. The summed E-state index contributed by atoms with van der Waals surface area (Å²) in [6.07, 6.45) is -3.72. The van der Waals surface area contributed by atoms with E-state index in [0.29, 0.717) is 29.4 Å². The molecule has 1 aromatic heterocycles. The zero-order chi connectivity index (χ0) is 39.4. The van der Waals surface area contributed by atoms with Crippen molar-refractivity contribution in [1.82, 2.24) is 29.8 Å². The first kappa shape index (κ1) is 38.9. The molecule has 288 valence electrons. The predicted molar refractivity (Wildman–Crippen MR) is 194 cm³/mol. The lowest BCUT2D eigenvalue weighted by Crippen LogP contribution is -2.55. The van der Waals surface area contributed by atoms with Crippen molar-refractivity contribution in [2.24, 2.45) is 0 Å². The average Bonchev–Trinajstić information content (AvgIpc) is 3.56. The van der Waals surface area contributed by atoms with Crippen LogP contribution in [0.3, 0.4) is 0 Å². The van der Waals surface area contributed by atoms with Crippen LogP contribution in [0.15, 0.2) is 78.9 Å². The lowest BCUT2D eigenvalue weighted by atomic mass is 9.80. The van der Waals surface area contributed by atoms with E-state index in [1.165, 1.54) is 39.9 Å². The molecule has 12 nitrogen and oxygen atoms in total. The van der Waals surface area contributed by atoms with Crippen LogP contribution in [0.4, 0.5) is 28.2 Å². The summed E-state index contributed by atoms with van der Waals surface area (Å²) in [5.74, 6) is -2.97.